The molecule has 0 radical (unpaired) electrons. The maximum absolute atomic E-state index is 14.3. The first kappa shape index (κ1) is 51.0. The summed E-state index contributed by atoms with van der Waals surface area (Å²) in [7, 11) is 0. The summed E-state index contributed by atoms with van der Waals surface area (Å²) in [4.78, 5) is 28.5. The maximum Gasteiger partial charge on any atom is 0.424 e. The number of aliphatic hydroxyl groups is 2. The number of hydrogen-bond acceptors (Lipinski definition) is 11. The molecule has 72 heavy (non-hydrogen) atoms. The van der Waals surface area contributed by atoms with Gasteiger partial charge in [0.05, 0.1) is 26.4 Å². The van der Waals surface area contributed by atoms with Gasteiger partial charge in [-0.3, -0.25) is 5.43 Å². The van der Waals surface area contributed by atoms with E-state index in [2.05, 4.69) is 10.9 Å². The number of phenols is 1. The van der Waals surface area contributed by atoms with Gasteiger partial charge in [0.25, 0.3) is 0 Å². The van der Waals surface area contributed by atoms with Crippen LogP contribution in [-0.4, -0.2) is 64.8 Å². The van der Waals surface area contributed by atoms with Crippen molar-refractivity contribution in [2.45, 2.75) is 89.2 Å². The molecular weight excluding hydrogens is 913 g/mol. The van der Waals surface area contributed by atoms with E-state index in [0.717, 1.165) is 33.4 Å². The molecule has 1 aliphatic rings. The lowest BCUT2D eigenvalue weighted by Gasteiger charge is -2.43. The van der Waals surface area contributed by atoms with Gasteiger partial charge in [-0.1, -0.05) is 188 Å². The number of phenolic OH excluding ortho intramolecular Hbond substituents is 1. The fourth-order valence-electron chi connectivity index (χ4n) is 8.21. The van der Waals surface area contributed by atoms with Crippen LogP contribution in [0.25, 0.3) is 0 Å². The van der Waals surface area contributed by atoms with Crippen LogP contribution in [0.1, 0.15) is 45.9 Å². The Morgan fingerprint density at radius 2 is 1.07 bits per heavy atom. The molecule has 372 valence electrons. The van der Waals surface area contributed by atoms with Crippen LogP contribution >= 0.6 is 0 Å². The van der Waals surface area contributed by atoms with Crippen LogP contribution in [0.2, 0.25) is 0 Å². The summed E-state index contributed by atoms with van der Waals surface area (Å²) in [5.41, 5.74) is 10.0. The van der Waals surface area contributed by atoms with Crippen LogP contribution in [0.5, 0.6) is 11.5 Å². The number of carbonyl (C=O) groups excluding carboxylic acids is 2. The Kier molecular flexibility index (Phi) is 18.6. The summed E-state index contributed by atoms with van der Waals surface area (Å²) in [5, 5.41) is 10.8. The third kappa shape index (κ3) is 15.1. The second-order valence-electron chi connectivity index (χ2n) is 17.7. The molecule has 0 saturated carbocycles. The third-order valence-electron chi connectivity index (χ3n) is 12.1. The molecule has 7 aromatic carbocycles. The second-order valence-corrected chi connectivity index (χ2v) is 17.7. The Hall–Kier alpha value is -7.36. The molecule has 1 fully saturated rings. The largest absolute Gasteiger partial charge is 0.504 e. The van der Waals surface area contributed by atoms with Crippen molar-refractivity contribution in [2.75, 3.05) is 6.61 Å². The fourth-order valence-corrected chi connectivity index (χ4v) is 8.21. The number of nitrogens with one attached hydrogen (secondary N) is 2. The first-order valence-electron chi connectivity index (χ1n) is 24.0. The number of hydrogen-bond donors (Lipinski definition) is 3. The molecule has 1 saturated heterocycles. The molecule has 13 heteroatoms. The molecule has 0 aliphatic carbocycles. The first-order chi connectivity index (χ1) is 35.3. The Balaban J connectivity index is 1.06. The quantitative estimate of drug-likeness (QED) is 0.0301. The van der Waals surface area contributed by atoms with Gasteiger partial charge in [-0.15, -0.1) is 0 Å². The minimum atomic E-state index is -1.59. The molecule has 6 atom stereocenters. The lowest BCUT2D eigenvalue weighted by molar-refractivity contribution is -0.343. The number of hydrazine groups is 1. The summed E-state index contributed by atoms with van der Waals surface area (Å²) in [6.07, 6.45) is -5.59. The second kappa shape index (κ2) is 26.2. The molecule has 13 nitrogen and oxygen atoms in total. The number of ether oxygens (including phenoxy) is 8. The van der Waals surface area contributed by atoms with Gasteiger partial charge in [-0.2, -0.15) is 0 Å². The molecule has 1 amide bonds. The van der Waals surface area contributed by atoms with Gasteiger partial charge in [0.1, 0.15) is 18.8 Å². The molecule has 8 rings (SSSR count). The molecule has 1 unspecified atom stereocenters. The summed E-state index contributed by atoms with van der Waals surface area (Å²) >= 11 is 0. The molecule has 0 bridgehead atoms. The van der Waals surface area contributed by atoms with Gasteiger partial charge in [0.15, 0.2) is 36.4 Å². The van der Waals surface area contributed by atoms with Crippen molar-refractivity contribution < 1.29 is 52.6 Å². The van der Waals surface area contributed by atoms with E-state index in [1.54, 1.807) is 19.1 Å². The summed E-state index contributed by atoms with van der Waals surface area (Å²) in [6.45, 7) is 2.84. The number of rotatable bonds is 24. The summed E-state index contributed by atoms with van der Waals surface area (Å²) in [6, 6.07) is 62.8. The van der Waals surface area contributed by atoms with Gasteiger partial charge in [-0.05, 0) is 52.4 Å². The van der Waals surface area contributed by atoms with E-state index in [1.807, 2.05) is 182 Å². The predicted molar refractivity (Wildman–Crippen MR) is 271 cm³/mol. The lowest BCUT2D eigenvalue weighted by atomic mass is 9.93. The van der Waals surface area contributed by atoms with E-state index in [4.69, 9.17) is 37.9 Å². The van der Waals surface area contributed by atoms with Crippen LogP contribution < -0.4 is 15.6 Å². The van der Waals surface area contributed by atoms with E-state index in [-0.39, 0.29) is 51.0 Å². The van der Waals surface area contributed by atoms with Crippen molar-refractivity contribution in [3.63, 3.8) is 0 Å². The van der Waals surface area contributed by atoms with E-state index >= 15 is 0 Å². The smallest absolute Gasteiger partial charge is 0.424 e. The van der Waals surface area contributed by atoms with Crippen LogP contribution in [0, 0.1) is 0 Å². The third-order valence-corrected chi connectivity index (χ3v) is 12.1. The van der Waals surface area contributed by atoms with Gasteiger partial charge >= 0.3 is 12.1 Å². The topological polar surface area (TPSA) is 156 Å². The van der Waals surface area contributed by atoms with Crippen molar-refractivity contribution >= 4 is 12.1 Å². The zero-order valence-corrected chi connectivity index (χ0v) is 40.2. The average Bonchev–Trinajstić information content (AvgIpc) is 3.42. The van der Waals surface area contributed by atoms with Gasteiger partial charge in [0.2, 0.25) is 12.4 Å². The number of esters is 1. The highest BCUT2D eigenvalue weighted by Gasteiger charge is 2.53. The van der Waals surface area contributed by atoms with Gasteiger partial charge < -0.3 is 43.0 Å². The van der Waals surface area contributed by atoms with E-state index < -0.39 is 48.3 Å². The highest BCUT2D eigenvalue weighted by molar-refractivity contribution is 5.81. The van der Waals surface area contributed by atoms with Crippen LogP contribution in [0.15, 0.2) is 200 Å². The van der Waals surface area contributed by atoms with Crippen LogP contribution in [-0.2, 0) is 79.3 Å². The number of amides is 1. The highest BCUT2D eigenvalue weighted by atomic mass is 16.7. The predicted octanol–water partition coefficient (Wildman–Crippen LogP) is 9.46. The van der Waals surface area contributed by atoms with E-state index in [9.17, 15) is 14.7 Å². The van der Waals surface area contributed by atoms with Gasteiger partial charge in [0, 0.05) is 12.0 Å². The van der Waals surface area contributed by atoms with Crippen LogP contribution in [0.4, 0.5) is 4.79 Å². The molecule has 1 heterocycles. The lowest BCUT2D eigenvalue weighted by Crippen LogP contribution is -2.64. The molecule has 4 N–H and O–H groups in total. The van der Waals surface area contributed by atoms with E-state index in [1.165, 1.54) is 6.07 Å². The number of benzene rings is 7. The standard InChI is InChI=1S/C59H60N2O11/c1-59(57(63)70-41-48-30-18-7-19-31-48,35-49-32-33-50(62)51(34-49)66-37-44-22-10-3-11-23-44)61-60-58(64)72-56-55(69-40-47-28-16-6-17-29-47)54(68-39-46-26-14-5-15-27-46)53(67-38-45-24-12-4-13-25-45)52(71-56)42-65-36-43-20-8-2-9-21-43/h2-34,52-56,61-62H,35-42H2,1H3,(H,60,64)/p+1/t52?,53-,54+,55-,56+,59+/m1/s1. The number of aromatic hydroxyl groups is 1. The first-order valence-corrected chi connectivity index (χ1v) is 24.0. The fraction of sp³-hybridized carbons (Fsp3) is 0.254. The Morgan fingerprint density at radius 3 is 1.62 bits per heavy atom. The SMILES string of the molecule is C[C@@](Cc1ccc(O)c(OCc2ccccc2)c1)(NNC(=O)O[C@@H]1OC(COCc2ccccc2)[C@@H]([OH+]Cc2ccccc2)[C@H](OCc2ccccc2)[C@H]1OCc1ccccc1)C(=O)OCc1ccccc1. The van der Waals surface area contributed by atoms with Crippen molar-refractivity contribution in [1.29, 1.82) is 0 Å². The molecule has 1 aliphatic heterocycles. The van der Waals surface area contributed by atoms with Crippen LogP contribution in [0.3, 0.4) is 0 Å². The number of carbonyl (C=O) groups is 2. The molecule has 0 aromatic heterocycles. The highest BCUT2D eigenvalue weighted by Crippen LogP contribution is 2.32. The average molecular weight is 974 g/mol. The molecule has 7 aromatic rings. The molecular formula is C59H61N2O11+. The maximum atomic E-state index is 14.3. The normalized spacial score (nSPS) is 18.3. The van der Waals surface area contributed by atoms with Crippen molar-refractivity contribution in [3.05, 3.63) is 239 Å². The van der Waals surface area contributed by atoms with Crippen molar-refractivity contribution in [1.82, 2.24) is 10.9 Å². The summed E-state index contributed by atoms with van der Waals surface area (Å²) < 4.78 is 49.9. The van der Waals surface area contributed by atoms with Crippen molar-refractivity contribution in [3.8, 4) is 11.5 Å². The van der Waals surface area contributed by atoms with Gasteiger partial charge in [-0.25, -0.2) is 15.0 Å². The Labute approximate surface area is 420 Å². The minimum absolute atomic E-state index is 0.00749. The van der Waals surface area contributed by atoms with Crippen molar-refractivity contribution in [2.24, 2.45) is 0 Å². The monoisotopic (exact) mass is 973 g/mol. The molecule has 0 spiro atoms. The minimum Gasteiger partial charge on any atom is -0.504 e. The zero-order valence-electron chi connectivity index (χ0n) is 40.2. The zero-order chi connectivity index (χ0) is 49.8. The Morgan fingerprint density at radius 1 is 0.583 bits per heavy atom. The Bertz CT molecular complexity index is 2700. The van der Waals surface area contributed by atoms with E-state index in [0.29, 0.717) is 18.8 Å². The summed E-state index contributed by atoms with van der Waals surface area (Å²) in [5.74, 6) is -0.517.